The maximum absolute atomic E-state index is 12.0. The van der Waals surface area contributed by atoms with E-state index in [0.29, 0.717) is 24.3 Å². The van der Waals surface area contributed by atoms with Crippen LogP contribution in [0.4, 0.5) is 11.4 Å². The lowest BCUT2D eigenvalue weighted by atomic mass is 10.2. The van der Waals surface area contributed by atoms with Crippen molar-refractivity contribution in [2.24, 2.45) is 0 Å². The average molecular weight is 372 g/mol. The maximum atomic E-state index is 12.0. The Morgan fingerprint density at radius 1 is 1.19 bits per heavy atom. The average Bonchev–Trinajstić information content (AvgIpc) is 3.00. The Hall–Kier alpha value is -2.80. The van der Waals surface area contributed by atoms with Crippen molar-refractivity contribution >= 4 is 33.4 Å². The van der Waals surface area contributed by atoms with Gasteiger partial charge in [0.2, 0.25) is 15.9 Å². The zero-order chi connectivity index (χ0) is 18.6. The molecule has 1 aliphatic heterocycles. The van der Waals surface area contributed by atoms with Crippen LogP contribution in [0.25, 0.3) is 6.08 Å². The smallest absolute Gasteiger partial charge is 0.248 e. The second-order valence-corrected chi connectivity index (χ2v) is 7.90. The molecule has 0 atom stereocenters. The Morgan fingerprint density at radius 3 is 2.62 bits per heavy atom. The molecule has 1 heterocycles. The largest absolute Gasteiger partial charge is 0.497 e. The lowest BCUT2D eigenvalue weighted by Crippen LogP contribution is -2.24. The molecule has 6 nitrogen and oxygen atoms in total. The van der Waals surface area contributed by atoms with Gasteiger partial charge >= 0.3 is 0 Å². The van der Waals surface area contributed by atoms with E-state index in [0.717, 1.165) is 11.3 Å². The molecule has 1 fully saturated rings. The van der Waals surface area contributed by atoms with Gasteiger partial charge in [-0.05, 0) is 54.5 Å². The molecule has 0 spiro atoms. The normalized spacial score (nSPS) is 16.0. The van der Waals surface area contributed by atoms with Gasteiger partial charge in [0.15, 0.2) is 0 Å². The standard InChI is InChI=1S/C19H20N2O4S/c1-25-18-5-2-4-15(14-18)6-11-19(22)20-16-7-9-17(10-8-16)21-12-3-13-26(21,23)24/h2,4-11,14H,3,12-13H2,1H3,(H,20,22)/b11-6+. The summed E-state index contributed by atoms with van der Waals surface area (Å²) in [5.41, 5.74) is 2.08. The number of amides is 1. The first kappa shape index (κ1) is 18.0. The Bertz CT molecular complexity index is 921. The third-order valence-electron chi connectivity index (χ3n) is 4.04. The summed E-state index contributed by atoms with van der Waals surface area (Å²) in [6.45, 7) is 0.497. The second kappa shape index (κ2) is 7.61. The summed E-state index contributed by atoms with van der Waals surface area (Å²) in [6, 6.07) is 14.2. The quantitative estimate of drug-likeness (QED) is 0.819. The summed E-state index contributed by atoms with van der Waals surface area (Å²) in [5, 5.41) is 2.75. The molecule has 1 amide bonds. The van der Waals surface area contributed by atoms with E-state index in [1.165, 1.54) is 10.4 Å². The lowest BCUT2D eigenvalue weighted by Gasteiger charge is -2.17. The van der Waals surface area contributed by atoms with Crippen LogP contribution in [-0.2, 0) is 14.8 Å². The minimum Gasteiger partial charge on any atom is -0.497 e. The highest BCUT2D eigenvalue weighted by molar-refractivity contribution is 7.93. The fourth-order valence-corrected chi connectivity index (χ4v) is 4.31. The highest BCUT2D eigenvalue weighted by atomic mass is 32.2. The fraction of sp³-hybridized carbons (Fsp3) is 0.211. The lowest BCUT2D eigenvalue weighted by molar-refractivity contribution is -0.111. The van der Waals surface area contributed by atoms with E-state index < -0.39 is 10.0 Å². The molecule has 1 N–H and O–H groups in total. The molecule has 0 saturated carbocycles. The van der Waals surface area contributed by atoms with Gasteiger partial charge in [0, 0.05) is 18.3 Å². The van der Waals surface area contributed by atoms with E-state index in [1.54, 1.807) is 37.5 Å². The molecular formula is C19H20N2O4S. The third-order valence-corrected chi connectivity index (χ3v) is 5.91. The van der Waals surface area contributed by atoms with Crippen LogP contribution in [-0.4, -0.2) is 33.7 Å². The molecule has 136 valence electrons. The van der Waals surface area contributed by atoms with Crippen molar-refractivity contribution < 1.29 is 17.9 Å². The van der Waals surface area contributed by atoms with Gasteiger partial charge in [-0.2, -0.15) is 0 Å². The van der Waals surface area contributed by atoms with Crippen LogP contribution < -0.4 is 14.4 Å². The summed E-state index contributed by atoms with van der Waals surface area (Å²) in [5.74, 6) is 0.634. The SMILES string of the molecule is COc1cccc(/C=C/C(=O)Nc2ccc(N3CCCS3(=O)=O)cc2)c1. The van der Waals surface area contributed by atoms with Gasteiger partial charge in [-0.1, -0.05) is 12.1 Å². The van der Waals surface area contributed by atoms with Gasteiger partial charge in [0.1, 0.15) is 5.75 Å². The van der Waals surface area contributed by atoms with Crippen molar-refractivity contribution in [3.63, 3.8) is 0 Å². The molecular weight excluding hydrogens is 352 g/mol. The summed E-state index contributed by atoms with van der Waals surface area (Å²) < 4.78 is 30.4. The molecule has 1 aliphatic rings. The van der Waals surface area contributed by atoms with Crippen molar-refractivity contribution in [2.45, 2.75) is 6.42 Å². The zero-order valence-electron chi connectivity index (χ0n) is 14.4. The number of nitrogens with zero attached hydrogens (tertiary/aromatic N) is 1. The second-order valence-electron chi connectivity index (χ2n) is 5.89. The van der Waals surface area contributed by atoms with E-state index in [2.05, 4.69) is 5.32 Å². The van der Waals surface area contributed by atoms with Crippen molar-refractivity contribution in [3.8, 4) is 5.75 Å². The molecule has 0 radical (unpaired) electrons. The predicted molar refractivity (Wildman–Crippen MR) is 103 cm³/mol. The third kappa shape index (κ3) is 4.23. The number of methoxy groups -OCH3 is 1. The monoisotopic (exact) mass is 372 g/mol. The van der Waals surface area contributed by atoms with Crippen LogP contribution in [0.2, 0.25) is 0 Å². The number of hydrogen-bond acceptors (Lipinski definition) is 4. The Kier molecular flexibility index (Phi) is 5.27. The molecule has 7 heteroatoms. The first-order valence-corrected chi connectivity index (χ1v) is 9.82. The number of anilines is 2. The summed E-state index contributed by atoms with van der Waals surface area (Å²) in [4.78, 5) is 12.0. The summed E-state index contributed by atoms with van der Waals surface area (Å²) in [7, 11) is -1.61. The molecule has 0 bridgehead atoms. The number of carbonyl (C=O) groups is 1. The molecule has 2 aromatic rings. The molecule has 1 saturated heterocycles. The minimum atomic E-state index is -3.20. The van der Waals surface area contributed by atoms with Crippen LogP contribution in [0.3, 0.4) is 0 Å². The molecule has 0 unspecified atom stereocenters. The molecule has 3 rings (SSSR count). The number of carbonyl (C=O) groups excluding carboxylic acids is 1. The predicted octanol–water partition coefficient (Wildman–Crippen LogP) is 2.89. The molecule has 2 aromatic carbocycles. The zero-order valence-corrected chi connectivity index (χ0v) is 15.2. The Morgan fingerprint density at radius 2 is 1.96 bits per heavy atom. The number of sulfonamides is 1. The Labute approximate surface area is 153 Å². The number of benzene rings is 2. The van der Waals surface area contributed by atoms with E-state index >= 15 is 0 Å². The topological polar surface area (TPSA) is 75.7 Å². The van der Waals surface area contributed by atoms with Crippen LogP contribution in [0, 0.1) is 0 Å². The molecule has 0 aromatic heterocycles. The van der Waals surface area contributed by atoms with Crippen molar-refractivity contribution in [1.82, 2.24) is 0 Å². The number of rotatable bonds is 5. The highest BCUT2D eigenvalue weighted by Crippen LogP contribution is 2.25. The Balaban J connectivity index is 1.63. The van der Waals surface area contributed by atoms with Crippen LogP contribution in [0.1, 0.15) is 12.0 Å². The van der Waals surface area contributed by atoms with Gasteiger partial charge in [-0.3, -0.25) is 9.10 Å². The van der Waals surface area contributed by atoms with Gasteiger partial charge in [-0.15, -0.1) is 0 Å². The number of nitrogens with one attached hydrogen (secondary N) is 1. The molecule has 26 heavy (non-hydrogen) atoms. The van der Waals surface area contributed by atoms with Crippen LogP contribution >= 0.6 is 0 Å². The summed E-state index contributed by atoms with van der Waals surface area (Å²) in [6.07, 6.45) is 3.77. The number of ether oxygens (including phenoxy) is 1. The minimum absolute atomic E-state index is 0.181. The van der Waals surface area contributed by atoms with E-state index in [4.69, 9.17) is 4.74 Å². The van der Waals surface area contributed by atoms with Gasteiger partial charge in [0.25, 0.3) is 0 Å². The van der Waals surface area contributed by atoms with E-state index in [1.807, 2.05) is 24.3 Å². The highest BCUT2D eigenvalue weighted by Gasteiger charge is 2.28. The number of hydrogen-bond donors (Lipinski definition) is 1. The van der Waals surface area contributed by atoms with Crippen molar-refractivity contribution in [2.75, 3.05) is 29.0 Å². The van der Waals surface area contributed by atoms with Crippen LogP contribution in [0.15, 0.2) is 54.6 Å². The maximum Gasteiger partial charge on any atom is 0.248 e. The van der Waals surface area contributed by atoms with Gasteiger partial charge in [0.05, 0.1) is 18.6 Å². The van der Waals surface area contributed by atoms with E-state index in [9.17, 15) is 13.2 Å². The van der Waals surface area contributed by atoms with E-state index in [-0.39, 0.29) is 11.7 Å². The first-order chi connectivity index (χ1) is 12.5. The van der Waals surface area contributed by atoms with Crippen molar-refractivity contribution in [1.29, 1.82) is 0 Å². The van der Waals surface area contributed by atoms with Gasteiger partial charge < -0.3 is 10.1 Å². The van der Waals surface area contributed by atoms with Gasteiger partial charge in [-0.25, -0.2) is 8.42 Å². The van der Waals surface area contributed by atoms with Crippen LogP contribution in [0.5, 0.6) is 5.75 Å². The fourth-order valence-electron chi connectivity index (χ4n) is 2.74. The summed E-state index contributed by atoms with van der Waals surface area (Å²) >= 11 is 0. The van der Waals surface area contributed by atoms with Crippen molar-refractivity contribution in [3.05, 3.63) is 60.2 Å². The molecule has 0 aliphatic carbocycles. The first-order valence-electron chi connectivity index (χ1n) is 8.21.